The Labute approximate surface area is 163 Å². The second-order valence-electron chi connectivity index (χ2n) is 6.43. The van der Waals surface area contributed by atoms with E-state index in [0.29, 0.717) is 6.54 Å². The van der Waals surface area contributed by atoms with E-state index in [-0.39, 0.29) is 42.3 Å². The summed E-state index contributed by atoms with van der Waals surface area (Å²) in [4.78, 5) is 14.8. The molecule has 2 unspecified atom stereocenters. The molecule has 5 nitrogen and oxygen atoms in total. The molecule has 2 N–H and O–H groups in total. The summed E-state index contributed by atoms with van der Waals surface area (Å²) in [5.74, 6) is 0.954. The Kier molecular flexibility index (Phi) is 10.4. The summed E-state index contributed by atoms with van der Waals surface area (Å²) in [5.41, 5.74) is 0.755. The number of carbonyl (C=O) groups excluding carboxylic acids is 1. The van der Waals surface area contributed by atoms with Crippen LogP contribution in [0.25, 0.3) is 0 Å². The quantitative estimate of drug-likeness (QED) is 0.749. The second kappa shape index (κ2) is 10.9. The third-order valence-electron chi connectivity index (χ3n) is 4.84. The molecule has 0 aromatic heterocycles. The average molecular weight is 392 g/mol. The predicted octanol–water partition coefficient (Wildman–Crippen LogP) is 2.79. The van der Waals surface area contributed by atoms with Gasteiger partial charge in [0.25, 0.3) is 0 Å². The summed E-state index contributed by atoms with van der Waals surface area (Å²) in [6.07, 6.45) is 2.81. The number of ether oxygens (including phenoxy) is 1. The Hall–Kier alpha value is -1.01. The van der Waals surface area contributed by atoms with Crippen molar-refractivity contribution in [3.8, 4) is 5.75 Å². The highest BCUT2D eigenvalue weighted by Crippen LogP contribution is 2.25. The van der Waals surface area contributed by atoms with Crippen molar-refractivity contribution in [2.45, 2.75) is 37.8 Å². The van der Waals surface area contributed by atoms with Gasteiger partial charge in [-0.2, -0.15) is 0 Å². The van der Waals surface area contributed by atoms with Gasteiger partial charge in [0.1, 0.15) is 5.75 Å². The van der Waals surface area contributed by atoms with E-state index in [1.165, 1.54) is 0 Å². The highest BCUT2D eigenvalue weighted by molar-refractivity contribution is 5.86. The minimum atomic E-state index is -0.384. The van der Waals surface area contributed by atoms with Crippen molar-refractivity contribution in [2.75, 3.05) is 34.3 Å². The lowest BCUT2D eigenvalue weighted by Gasteiger charge is -2.30. The molecule has 2 atom stereocenters. The van der Waals surface area contributed by atoms with Gasteiger partial charge in [0, 0.05) is 6.54 Å². The van der Waals surface area contributed by atoms with Crippen molar-refractivity contribution in [2.24, 2.45) is 0 Å². The minimum absolute atomic E-state index is 0. The van der Waals surface area contributed by atoms with Crippen LogP contribution in [0.1, 0.15) is 37.8 Å². The zero-order valence-corrected chi connectivity index (χ0v) is 17.1. The van der Waals surface area contributed by atoms with Crippen LogP contribution in [0.3, 0.4) is 0 Å². The summed E-state index contributed by atoms with van der Waals surface area (Å²) in [7, 11) is 5.72. The SMILES string of the molecule is CCC1(C(=O)NCC(c2cccc(OC)c2)N(C)C)CCCN1.Cl.Cl. The van der Waals surface area contributed by atoms with E-state index in [0.717, 1.165) is 37.1 Å². The van der Waals surface area contributed by atoms with E-state index in [1.807, 2.05) is 32.3 Å². The molecule has 2 rings (SSSR count). The maximum atomic E-state index is 12.7. The van der Waals surface area contributed by atoms with E-state index in [9.17, 15) is 4.79 Å². The number of hydrogen-bond donors (Lipinski definition) is 2. The van der Waals surface area contributed by atoms with Gasteiger partial charge in [0.2, 0.25) is 5.91 Å². The van der Waals surface area contributed by atoms with Crippen LogP contribution in [0.2, 0.25) is 0 Å². The lowest BCUT2D eigenvalue weighted by atomic mass is 9.93. The van der Waals surface area contributed by atoms with Gasteiger partial charge >= 0.3 is 0 Å². The summed E-state index contributed by atoms with van der Waals surface area (Å²) in [6, 6.07) is 8.13. The molecule has 144 valence electrons. The molecule has 1 aliphatic heterocycles. The molecule has 0 aliphatic carbocycles. The highest BCUT2D eigenvalue weighted by Gasteiger charge is 2.39. The van der Waals surface area contributed by atoms with Gasteiger partial charge < -0.3 is 20.3 Å². The maximum Gasteiger partial charge on any atom is 0.240 e. The van der Waals surface area contributed by atoms with E-state index in [1.54, 1.807) is 7.11 Å². The normalized spacial score (nSPS) is 20.4. The lowest BCUT2D eigenvalue weighted by molar-refractivity contribution is -0.127. The molecule has 0 saturated carbocycles. The van der Waals surface area contributed by atoms with Crippen molar-refractivity contribution < 1.29 is 9.53 Å². The molecule has 1 saturated heterocycles. The molecule has 1 aliphatic rings. The van der Waals surface area contributed by atoms with Crippen LogP contribution in [0.4, 0.5) is 0 Å². The number of benzene rings is 1. The van der Waals surface area contributed by atoms with Crippen LogP contribution in [-0.4, -0.2) is 50.6 Å². The Morgan fingerprint density at radius 2 is 2.12 bits per heavy atom. The zero-order valence-electron chi connectivity index (χ0n) is 15.5. The minimum Gasteiger partial charge on any atom is -0.497 e. The number of nitrogens with zero attached hydrogens (tertiary/aromatic N) is 1. The van der Waals surface area contributed by atoms with Gasteiger partial charge in [-0.15, -0.1) is 24.8 Å². The first-order chi connectivity index (χ1) is 11.0. The number of amides is 1. The highest BCUT2D eigenvalue weighted by atomic mass is 35.5. The fourth-order valence-electron chi connectivity index (χ4n) is 3.27. The molecule has 1 heterocycles. The molecule has 7 heteroatoms. The van der Waals surface area contributed by atoms with Gasteiger partial charge in [-0.3, -0.25) is 4.79 Å². The van der Waals surface area contributed by atoms with Crippen LogP contribution in [0.5, 0.6) is 5.75 Å². The molecule has 1 aromatic carbocycles. The van der Waals surface area contributed by atoms with Crippen LogP contribution in [0.15, 0.2) is 24.3 Å². The van der Waals surface area contributed by atoms with Crippen LogP contribution in [0, 0.1) is 0 Å². The molecule has 1 fully saturated rings. The Morgan fingerprint density at radius 1 is 1.40 bits per heavy atom. The third-order valence-corrected chi connectivity index (χ3v) is 4.84. The molecule has 0 radical (unpaired) electrons. The molecular weight excluding hydrogens is 361 g/mol. The smallest absolute Gasteiger partial charge is 0.240 e. The number of hydrogen-bond acceptors (Lipinski definition) is 4. The van der Waals surface area contributed by atoms with Crippen molar-refractivity contribution in [3.63, 3.8) is 0 Å². The number of rotatable bonds is 7. The Balaban J connectivity index is 0.00000288. The van der Waals surface area contributed by atoms with Crippen LogP contribution in [-0.2, 0) is 4.79 Å². The summed E-state index contributed by atoms with van der Waals surface area (Å²) < 4.78 is 5.31. The first-order valence-corrected chi connectivity index (χ1v) is 8.36. The fourth-order valence-corrected chi connectivity index (χ4v) is 3.27. The molecule has 1 aromatic rings. The number of likely N-dealkylation sites (N-methyl/N-ethyl adjacent to an activating group) is 1. The summed E-state index contributed by atoms with van der Waals surface area (Å²) >= 11 is 0. The second-order valence-corrected chi connectivity index (χ2v) is 6.43. The van der Waals surface area contributed by atoms with Gasteiger partial charge in [0.05, 0.1) is 18.7 Å². The van der Waals surface area contributed by atoms with Crippen molar-refractivity contribution in [3.05, 3.63) is 29.8 Å². The van der Waals surface area contributed by atoms with Crippen molar-refractivity contribution >= 4 is 30.7 Å². The monoisotopic (exact) mass is 391 g/mol. The van der Waals surface area contributed by atoms with E-state index in [4.69, 9.17) is 4.74 Å². The number of halogens is 2. The van der Waals surface area contributed by atoms with E-state index in [2.05, 4.69) is 28.5 Å². The van der Waals surface area contributed by atoms with E-state index < -0.39 is 0 Å². The number of nitrogens with one attached hydrogen (secondary N) is 2. The van der Waals surface area contributed by atoms with Gasteiger partial charge in [-0.25, -0.2) is 0 Å². The van der Waals surface area contributed by atoms with Crippen LogP contribution < -0.4 is 15.4 Å². The molecule has 0 spiro atoms. The number of methoxy groups -OCH3 is 1. The van der Waals surface area contributed by atoms with Gasteiger partial charge in [0.15, 0.2) is 0 Å². The van der Waals surface area contributed by atoms with Crippen LogP contribution >= 0.6 is 24.8 Å². The Bertz CT molecular complexity index is 535. The lowest BCUT2D eigenvalue weighted by Crippen LogP contribution is -2.54. The third kappa shape index (κ3) is 5.74. The molecule has 1 amide bonds. The van der Waals surface area contributed by atoms with E-state index >= 15 is 0 Å². The summed E-state index contributed by atoms with van der Waals surface area (Å²) in [6.45, 7) is 3.58. The molecule has 0 bridgehead atoms. The van der Waals surface area contributed by atoms with Crippen molar-refractivity contribution in [1.82, 2.24) is 15.5 Å². The predicted molar refractivity (Wildman–Crippen MR) is 107 cm³/mol. The number of carbonyl (C=O) groups is 1. The fraction of sp³-hybridized carbons (Fsp3) is 0.611. The first kappa shape index (κ1) is 24.0. The first-order valence-electron chi connectivity index (χ1n) is 8.36. The largest absolute Gasteiger partial charge is 0.497 e. The standard InChI is InChI=1S/C18H29N3O2.2ClH/c1-5-18(10-7-11-20-18)17(22)19-13-16(21(2)3)14-8-6-9-15(12-14)23-4;;/h6,8-9,12,16,20H,5,7,10-11,13H2,1-4H3,(H,19,22);2*1H. The maximum absolute atomic E-state index is 12.7. The Morgan fingerprint density at radius 3 is 2.64 bits per heavy atom. The van der Waals surface area contributed by atoms with Gasteiger partial charge in [-0.1, -0.05) is 19.1 Å². The van der Waals surface area contributed by atoms with Gasteiger partial charge in [-0.05, 0) is 57.6 Å². The molecular formula is C18H31Cl2N3O2. The zero-order chi connectivity index (χ0) is 16.9. The summed E-state index contributed by atoms with van der Waals surface area (Å²) in [5, 5.41) is 6.53. The molecule has 25 heavy (non-hydrogen) atoms. The van der Waals surface area contributed by atoms with Crippen molar-refractivity contribution in [1.29, 1.82) is 0 Å². The average Bonchev–Trinajstić information content (AvgIpc) is 3.05. The topological polar surface area (TPSA) is 53.6 Å².